The van der Waals surface area contributed by atoms with Gasteiger partial charge in [-0.05, 0) is 61.1 Å². The molecule has 3 aromatic rings. The predicted octanol–water partition coefficient (Wildman–Crippen LogP) is 4.91. The fraction of sp³-hybridized carbons (Fsp3) is 0.118. The molecule has 0 atom stereocenters. The molecule has 26 heavy (non-hydrogen) atoms. The number of carbonyl (C=O) groups is 1. The Labute approximate surface area is 172 Å². The van der Waals surface area contributed by atoms with Crippen LogP contribution in [-0.2, 0) is 4.79 Å². The van der Waals surface area contributed by atoms with Gasteiger partial charge in [0.1, 0.15) is 5.75 Å². The second kappa shape index (κ2) is 8.30. The molecule has 1 aromatic heterocycles. The number of hydrogen-bond donors (Lipinski definition) is 2. The lowest BCUT2D eigenvalue weighted by Gasteiger charge is -2.08. The topological polar surface area (TPSA) is 63.2 Å². The fourth-order valence-electron chi connectivity index (χ4n) is 2.07. The summed E-state index contributed by atoms with van der Waals surface area (Å²) in [6.07, 6.45) is 0. The molecule has 0 saturated carbocycles. The monoisotopic (exact) mass is 469 g/mol. The highest BCUT2D eigenvalue weighted by Crippen LogP contribution is 2.30. The highest BCUT2D eigenvalue weighted by molar-refractivity contribution is 9.10. The number of nitrogens with one attached hydrogen (secondary N) is 2. The van der Waals surface area contributed by atoms with E-state index in [2.05, 4.69) is 31.5 Å². The van der Waals surface area contributed by atoms with Crippen molar-refractivity contribution in [1.82, 2.24) is 10.3 Å². The minimum Gasteiger partial charge on any atom is -0.484 e. The van der Waals surface area contributed by atoms with Crippen molar-refractivity contribution in [2.45, 2.75) is 6.92 Å². The number of benzene rings is 2. The van der Waals surface area contributed by atoms with Crippen LogP contribution in [0.1, 0.15) is 5.56 Å². The van der Waals surface area contributed by atoms with Crippen molar-refractivity contribution in [3.8, 4) is 5.75 Å². The summed E-state index contributed by atoms with van der Waals surface area (Å²) in [5.74, 6) is 0.242. The number of halogens is 2. The van der Waals surface area contributed by atoms with E-state index in [4.69, 9.17) is 28.6 Å². The van der Waals surface area contributed by atoms with Gasteiger partial charge in [-0.15, -0.1) is 0 Å². The molecule has 9 heteroatoms. The van der Waals surface area contributed by atoms with E-state index >= 15 is 0 Å². The molecule has 1 heterocycles. The number of nitrogens with zero attached hydrogens (tertiary/aromatic N) is 1. The average molecular weight is 471 g/mol. The second-order valence-corrected chi connectivity index (χ2v) is 8.09. The molecule has 5 nitrogen and oxygen atoms in total. The van der Waals surface area contributed by atoms with Gasteiger partial charge in [0.05, 0.1) is 10.2 Å². The number of rotatable bonds is 4. The number of aryl methyl sites for hydroxylation is 1. The second-order valence-electron chi connectivity index (χ2n) is 5.33. The number of amides is 1. The van der Waals surface area contributed by atoms with Crippen molar-refractivity contribution in [2.24, 2.45) is 0 Å². The first kappa shape index (κ1) is 19.0. The van der Waals surface area contributed by atoms with Crippen molar-refractivity contribution in [3.05, 3.63) is 51.5 Å². The summed E-state index contributed by atoms with van der Waals surface area (Å²) in [6.45, 7) is 1.79. The number of thiocarbonyl (C=S) groups is 1. The van der Waals surface area contributed by atoms with E-state index in [1.165, 1.54) is 11.3 Å². The largest absolute Gasteiger partial charge is 0.484 e. The van der Waals surface area contributed by atoms with Gasteiger partial charge in [-0.1, -0.05) is 38.9 Å². The van der Waals surface area contributed by atoms with Gasteiger partial charge in [0.15, 0.2) is 16.9 Å². The van der Waals surface area contributed by atoms with Gasteiger partial charge in [-0.25, -0.2) is 4.98 Å². The van der Waals surface area contributed by atoms with Crippen LogP contribution >= 0.6 is 51.1 Å². The zero-order valence-electron chi connectivity index (χ0n) is 13.5. The minimum absolute atomic E-state index is 0.141. The molecule has 0 fully saturated rings. The van der Waals surface area contributed by atoms with E-state index < -0.39 is 0 Å². The lowest BCUT2D eigenvalue weighted by atomic mass is 10.2. The third-order valence-corrected chi connectivity index (χ3v) is 5.40. The van der Waals surface area contributed by atoms with Crippen molar-refractivity contribution >= 4 is 77.5 Å². The quantitative estimate of drug-likeness (QED) is 0.530. The number of carbonyl (C=O) groups excluding carboxylic acids is 1. The van der Waals surface area contributed by atoms with Crippen LogP contribution in [0.4, 0.5) is 5.13 Å². The van der Waals surface area contributed by atoms with Crippen molar-refractivity contribution in [1.29, 1.82) is 0 Å². The number of anilines is 1. The summed E-state index contributed by atoms with van der Waals surface area (Å²) in [5, 5.41) is 6.88. The van der Waals surface area contributed by atoms with Crippen molar-refractivity contribution in [2.75, 3.05) is 11.9 Å². The van der Waals surface area contributed by atoms with Gasteiger partial charge in [-0.3, -0.25) is 10.1 Å². The van der Waals surface area contributed by atoms with E-state index in [1.54, 1.807) is 12.1 Å². The van der Waals surface area contributed by atoms with Crippen molar-refractivity contribution < 1.29 is 9.53 Å². The summed E-state index contributed by atoms with van der Waals surface area (Å²) in [7, 11) is 0. The molecular formula is C17H13BrClN3O2S2. The van der Waals surface area contributed by atoms with Crippen LogP contribution in [-0.4, -0.2) is 22.6 Å². The third-order valence-electron chi connectivity index (χ3n) is 3.33. The van der Waals surface area contributed by atoms with Crippen molar-refractivity contribution in [3.63, 3.8) is 0 Å². The standard InChI is InChI=1S/C17H13BrClN3O2S2/c1-9-6-14-13(7-12(9)19)20-17(26-14)22-16(25)21-15(23)8-24-11-4-2-10(18)3-5-11/h2-7H,8H2,1H3,(H2,20,21,22,23,25). The Balaban J connectivity index is 1.54. The van der Waals surface area contributed by atoms with Crippen LogP contribution in [0, 0.1) is 6.92 Å². The molecule has 2 N–H and O–H groups in total. The number of ether oxygens (including phenoxy) is 1. The van der Waals surface area contributed by atoms with Crippen LogP contribution in [0.3, 0.4) is 0 Å². The lowest BCUT2D eigenvalue weighted by Crippen LogP contribution is -2.37. The first-order valence-electron chi connectivity index (χ1n) is 7.46. The molecule has 0 aliphatic carbocycles. The molecule has 134 valence electrons. The van der Waals surface area contributed by atoms with Crippen LogP contribution in [0.2, 0.25) is 5.02 Å². The molecule has 0 aliphatic heterocycles. The zero-order chi connectivity index (χ0) is 18.7. The molecule has 0 radical (unpaired) electrons. The molecular weight excluding hydrogens is 458 g/mol. The maximum Gasteiger partial charge on any atom is 0.264 e. The fourth-order valence-corrected chi connectivity index (χ4v) is 3.72. The average Bonchev–Trinajstić information content (AvgIpc) is 2.95. The van der Waals surface area contributed by atoms with Crippen LogP contribution in [0.25, 0.3) is 10.2 Å². The van der Waals surface area contributed by atoms with Gasteiger partial charge in [0.2, 0.25) is 0 Å². The Morgan fingerprint density at radius 3 is 2.81 bits per heavy atom. The summed E-state index contributed by atoms with van der Waals surface area (Å²) in [6, 6.07) is 11.0. The molecule has 3 rings (SSSR count). The van der Waals surface area contributed by atoms with E-state index in [0.717, 1.165) is 20.3 Å². The molecule has 0 spiro atoms. The van der Waals surface area contributed by atoms with Crippen LogP contribution in [0.5, 0.6) is 5.75 Å². The van der Waals surface area contributed by atoms with E-state index in [9.17, 15) is 4.79 Å². The molecule has 0 bridgehead atoms. The van der Waals surface area contributed by atoms with Crippen LogP contribution < -0.4 is 15.4 Å². The number of aromatic nitrogens is 1. The van der Waals surface area contributed by atoms with Gasteiger partial charge < -0.3 is 10.1 Å². The van der Waals surface area contributed by atoms with Crippen LogP contribution in [0.15, 0.2) is 40.9 Å². The zero-order valence-corrected chi connectivity index (χ0v) is 17.5. The lowest BCUT2D eigenvalue weighted by molar-refractivity contribution is -0.121. The van der Waals surface area contributed by atoms with Gasteiger partial charge in [0, 0.05) is 9.50 Å². The molecule has 2 aromatic carbocycles. The Morgan fingerprint density at radius 2 is 2.08 bits per heavy atom. The Kier molecular flexibility index (Phi) is 6.08. The van der Waals surface area contributed by atoms with Gasteiger partial charge in [-0.2, -0.15) is 0 Å². The molecule has 1 amide bonds. The summed E-state index contributed by atoms with van der Waals surface area (Å²) in [4.78, 5) is 16.4. The Morgan fingerprint density at radius 1 is 1.35 bits per heavy atom. The highest BCUT2D eigenvalue weighted by Gasteiger charge is 2.10. The van der Waals surface area contributed by atoms with E-state index in [-0.39, 0.29) is 17.6 Å². The van der Waals surface area contributed by atoms with Gasteiger partial charge >= 0.3 is 0 Å². The Hall–Kier alpha value is -1.74. The number of thiazole rings is 1. The van der Waals surface area contributed by atoms with E-state index in [0.29, 0.717) is 15.9 Å². The number of hydrogen-bond acceptors (Lipinski definition) is 5. The molecule has 0 saturated heterocycles. The number of fused-ring (bicyclic) bond motifs is 1. The minimum atomic E-state index is -0.356. The first-order valence-corrected chi connectivity index (χ1v) is 9.86. The Bertz CT molecular complexity index is 937. The SMILES string of the molecule is Cc1cc2sc(NC(=S)NC(=O)COc3ccc(Br)cc3)nc2cc1Cl. The summed E-state index contributed by atoms with van der Waals surface area (Å²) in [5.41, 5.74) is 1.76. The predicted molar refractivity (Wildman–Crippen MR) is 113 cm³/mol. The molecule has 0 aliphatic rings. The van der Waals surface area contributed by atoms with E-state index in [1.807, 2.05) is 31.2 Å². The molecule has 0 unspecified atom stereocenters. The highest BCUT2D eigenvalue weighted by atomic mass is 79.9. The maximum atomic E-state index is 11.9. The summed E-state index contributed by atoms with van der Waals surface area (Å²) < 4.78 is 7.33. The first-order chi connectivity index (χ1) is 12.4. The third kappa shape index (κ3) is 4.91. The maximum absolute atomic E-state index is 11.9. The summed E-state index contributed by atoms with van der Waals surface area (Å²) >= 11 is 16.0. The smallest absolute Gasteiger partial charge is 0.264 e. The van der Waals surface area contributed by atoms with Gasteiger partial charge in [0.25, 0.3) is 5.91 Å². The normalized spacial score (nSPS) is 10.6.